The number of H-pyrrole nitrogens is 1. The monoisotopic (exact) mass is 232 g/mol. The zero-order chi connectivity index (χ0) is 11.5. The Balaban J connectivity index is 1.63. The highest BCUT2D eigenvalue weighted by Crippen LogP contribution is 2.20. The molecule has 3 rings (SSSR count). The highest BCUT2D eigenvalue weighted by molar-refractivity contribution is 5.79. The fraction of sp³-hybridized carbons (Fsp3) is 0.462. The molecule has 1 saturated heterocycles. The Morgan fingerprint density at radius 3 is 3.29 bits per heavy atom. The lowest BCUT2D eigenvalue weighted by atomic mass is 10.1. The van der Waals surface area contributed by atoms with Crippen LogP contribution < -0.4 is 4.74 Å². The van der Waals surface area contributed by atoms with Crippen molar-refractivity contribution in [2.45, 2.75) is 25.4 Å². The van der Waals surface area contributed by atoms with E-state index in [-0.39, 0.29) is 6.10 Å². The summed E-state index contributed by atoms with van der Waals surface area (Å²) < 4.78 is 11.4. The van der Waals surface area contributed by atoms with Gasteiger partial charge in [0, 0.05) is 12.0 Å². The maximum absolute atomic E-state index is 5.76. The molecule has 17 heavy (non-hydrogen) atoms. The summed E-state index contributed by atoms with van der Waals surface area (Å²) in [6.45, 7) is 1.51. The zero-order valence-corrected chi connectivity index (χ0v) is 9.69. The van der Waals surface area contributed by atoms with Crippen molar-refractivity contribution < 1.29 is 9.47 Å². The molecule has 2 heterocycles. The van der Waals surface area contributed by atoms with Gasteiger partial charge in [-0.1, -0.05) is 0 Å². The van der Waals surface area contributed by atoms with Crippen molar-refractivity contribution in [1.29, 1.82) is 0 Å². The molecule has 1 atom stereocenters. The molecule has 1 aliphatic rings. The summed E-state index contributed by atoms with van der Waals surface area (Å²) in [6, 6.07) is 5.95. The van der Waals surface area contributed by atoms with Crippen LogP contribution in [0.4, 0.5) is 0 Å². The number of rotatable bonds is 3. The maximum Gasteiger partial charge on any atom is 0.120 e. The van der Waals surface area contributed by atoms with Crippen molar-refractivity contribution in [2.24, 2.45) is 0 Å². The molecule has 1 N–H and O–H groups in total. The van der Waals surface area contributed by atoms with Crippen LogP contribution in [0.25, 0.3) is 10.9 Å². The van der Waals surface area contributed by atoms with Crippen LogP contribution in [-0.2, 0) is 4.74 Å². The minimum absolute atomic E-state index is 0.254. The molecule has 0 unspecified atom stereocenters. The third kappa shape index (κ3) is 2.42. The summed E-state index contributed by atoms with van der Waals surface area (Å²) in [5, 5.41) is 7.99. The fourth-order valence-corrected chi connectivity index (χ4v) is 2.14. The van der Waals surface area contributed by atoms with Crippen molar-refractivity contribution in [1.82, 2.24) is 10.2 Å². The van der Waals surface area contributed by atoms with Crippen LogP contribution in [0.3, 0.4) is 0 Å². The van der Waals surface area contributed by atoms with Gasteiger partial charge in [-0.15, -0.1) is 0 Å². The van der Waals surface area contributed by atoms with Crippen molar-refractivity contribution in [2.75, 3.05) is 13.2 Å². The van der Waals surface area contributed by atoms with E-state index in [9.17, 15) is 0 Å². The Hall–Kier alpha value is -1.55. The van der Waals surface area contributed by atoms with Crippen molar-refractivity contribution >= 4 is 10.9 Å². The maximum atomic E-state index is 5.76. The van der Waals surface area contributed by atoms with Gasteiger partial charge in [-0.3, -0.25) is 5.10 Å². The lowest BCUT2D eigenvalue weighted by Crippen LogP contribution is -2.25. The second-order valence-electron chi connectivity index (χ2n) is 4.42. The van der Waals surface area contributed by atoms with E-state index in [2.05, 4.69) is 10.2 Å². The van der Waals surface area contributed by atoms with Gasteiger partial charge < -0.3 is 9.47 Å². The lowest BCUT2D eigenvalue weighted by Gasteiger charge is -2.22. The van der Waals surface area contributed by atoms with Crippen LogP contribution in [0.5, 0.6) is 5.75 Å². The summed E-state index contributed by atoms with van der Waals surface area (Å²) in [5.74, 6) is 0.882. The highest BCUT2D eigenvalue weighted by Gasteiger charge is 2.14. The minimum atomic E-state index is 0.254. The predicted molar refractivity (Wildman–Crippen MR) is 65.2 cm³/mol. The normalized spacial score (nSPS) is 20.6. The summed E-state index contributed by atoms with van der Waals surface area (Å²) in [6.07, 6.45) is 5.59. The molecular formula is C13H16N2O2. The minimum Gasteiger partial charge on any atom is -0.491 e. The molecule has 1 fully saturated rings. The van der Waals surface area contributed by atoms with Gasteiger partial charge in [-0.2, -0.15) is 5.10 Å². The van der Waals surface area contributed by atoms with Gasteiger partial charge in [-0.25, -0.2) is 0 Å². The molecule has 0 spiro atoms. The van der Waals surface area contributed by atoms with E-state index in [0.717, 1.165) is 29.7 Å². The van der Waals surface area contributed by atoms with E-state index in [4.69, 9.17) is 9.47 Å². The van der Waals surface area contributed by atoms with E-state index in [1.165, 1.54) is 12.8 Å². The predicted octanol–water partition coefficient (Wildman–Crippen LogP) is 2.51. The average Bonchev–Trinajstić information content (AvgIpc) is 2.85. The van der Waals surface area contributed by atoms with Gasteiger partial charge in [0.1, 0.15) is 12.4 Å². The summed E-state index contributed by atoms with van der Waals surface area (Å²) in [7, 11) is 0. The molecule has 1 aromatic carbocycles. The van der Waals surface area contributed by atoms with Gasteiger partial charge in [0.05, 0.1) is 17.8 Å². The number of nitrogens with one attached hydrogen (secondary N) is 1. The highest BCUT2D eigenvalue weighted by atomic mass is 16.5. The number of hydrogen-bond donors (Lipinski definition) is 1. The standard InChI is InChI=1S/C13H16N2O2/c1-2-6-16-12(3-1)9-17-11-4-5-13-10(7-11)8-14-15-13/h4-5,7-8,12H,1-3,6,9H2,(H,14,15)/t12-/m0/s1. The van der Waals surface area contributed by atoms with Gasteiger partial charge in [0.15, 0.2) is 0 Å². The molecule has 4 nitrogen and oxygen atoms in total. The first-order valence-electron chi connectivity index (χ1n) is 6.09. The van der Waals surface area contributed by atoms with Crippen molar-refractivity contribution in [3.63, 3.8) is 0 Å². The molecular weight excluding hydrogens is 216 g/mol. The molecule has 2 aromatic rings. The van der Waals surface area contributed by atoms with E-state index < -0.39 is 0 Å². The molecule has 0 aliphatic carbocycles. The summed E-state index contributed by atoms with van der Waals surface area (Å²) in [4.78, 5) is 0. The Morgan fingerprint density at radius 1 is 1.41 bits per heavy atom. The number of hydrogen-bond acceptors (Lipinski definition) is 3. The van der Waals surface area contributed by atoms with Crippen LogP contribution >= 0.6 is 0 Å². The van der Waals surface area contributed by atoms with Crippen molar-refractivity contribution in [3.05, 3.63) is 24.4 Å². The fourth-order valence-electron chi connectivity index (χ4n) is 2.14. The molecule has 0 amide bonds. The molecule has 0 saturated carbocycles. The first-order chi connectivity index (χ1) is 8.42. The molecule has 90 valence electrons. The van der Waals surface area contributed by atoms with Crippen molar-refractivity contribution in [3.8, 4) is 5.75 Å². The van der Waals surface area contributed by atoms with Gasteiger partial charge in [0.2, 0.25) is 0 Å². The number of aromatic amines is 1. The third-order valence-corrected chi connectivity index (χ3v) is 3.12. The molecule has 1 aromatic heterocycles. The van der Waals surface area contributed by atoms with Crippen LogP contribution in [0.15, 0.2) is 24.4 Å². The number of aromatic nitrogens is 2. The van der Waals surface area contributed by atoms with Crippen LogP contribution in [0.1, 0.15) is 19.3 Å². The average molecular weight is 232 g/mol. The van der Waals surface area contributed by atoms with Crippen LogP contribution in [-0.4, -0.2) is 29.5 Å². The lowest BCUT2D eigenvalue weighted by molar-refractivity contribution is -0.0110. The number of benzene rings is 1. The summed E-state index contributed by atoms with van der Waals surface area (Å²) >= 11 is 0. The SMILES string of the molecule is c1cc2[nH]ncc2cc1OC[C@@H]1CCCCO1. The quantitative estimate of drug-likeness (QED) is 0.884. The molecule has 0 bridgehead atoms. The second kappa shape index (κ2) is 4.75. The van der Waals surface area contributed by atoms with E-state index >= 15 is 0 Å². The third-order valence-electron chi connectivity index (χ3n) is 3.12. The molecule has 0 radical (unpaired) electrons. The Morgan fingerprint density at radius 2 is 2.41 bits per heavy atom. The summed E-state index contributed by atoms with van der Waals surface area (Å²) in [5.41, 5.74) is 1.03. The van der Waals surface area contributed by atoms with Gasteiger partial charge >= 0.3 is 0 Å². The number of ether oxygens (including phenoxy) is 2. The second-order valence-corrected chi connectivity index (χ2v) is 4.42. The first kappa shape index (κ1) is 10.6. The smallest absolute Gasteiger partial charge is 0.120 e. The van der Waals surface area contributed by atoms with Gasteiger partial charge in [-0.05, 0) is 37.5 Å². The van der Waals surface area contributed by atoms with E-state index in [0.29, 0.717) is 6.61 Å². The van der Waals surface area contributed by atoms with E-state index in [1.807, 2.05) is 18.2 Å². The zero-order valence-electron chi connectivity index (χ0n) is 9.69. The molecule has 1 aliphatic heterocycles. The number of fused-ring (bicyclic) bond motifs is 1. The van der Waals surface area contributed by atoms with Gasteiger partial charge in [0.25, 0.3) is 0 Å². The first-order valence-corrected chi connectivity index (χ1v) is 6.09. The number of nitrogens with zero attached hydrogens (tertiary/aromatic N) is 1. The van der Waals surface area contributed by atoms with Crippen LogP contribution in [0, 0.1) is 0 Å². The van der Waals surface area contributed by atoms with Crippen LogP contribution in [0.2, 0.25) is 0 Å². The molecule has 4 heteroatoms. The van der Waals surface area contributed by atoms with E-state index in [1.54, 1.807) is 6.20 Å². The Labute approximate surface area is 99.9 Å². The topological polar surface area (TPSA) is 47.1 Å². The Bertz CT molecular complexity index is 489. The largest absolute Gasteiger partial charge is 0.491 e. The Kier molecular flexibility index (Phi) is 2.96.